The molecule has 0 bridgehead atoms. The maximum absolute atomic E-state index is 11.9. The summed E-state index contributed by atoms with van der Waals surface area (Å²) in [5.74, 6) is 1.40. The van der Waals surface area contributed by atoms with Crippen molar-refractivity contribution < 1.29 is 9.53 Å². The number of nitrogens with zero attached hydrogens (tertiary/aromatic N) is 3. The molecule has 1 aliphatic carbocycles. The first-order valence-electron chi connectivity index (χ1n) is 9.49. The van der Waals surface area contributed by atoms with Crippen molar-refractivity contribution in [1.29, 1.82) is 5.41 Å². The third kappa shape index (κ3) is 3.01. The predicted molar refractivity (Wildman–Crippen MR) is 94.4 cm³/mol. The SMILES string of the molecule is CCOC(=O)N1CC2(CC[C@@H](N3CCN(C(=N)CC)CC3)C2C)C1. The van der Waals surface area contributed by atoms with Gasteiger partial charge < -0.3 is 14.5 Å². The lowest BCUT2D eigenvalue weighted by atomic mass is 9.71. The van der Waals surface area contributed by atoms with Gasteiger partial charge in [0.05, 0.1) is 12.4 Å². The van der Waals surface area contributed by atoms with Crippen molar-refractivity contribution in [2.75, 3.05) is 45.9 Å². The average molecular weight is 336 g/mol. The van der Waals surface area contributed by atoms with E-state index < -0.39 is 0 Å². The second-order valence-corrected chi connectivity index (χ2v) is 7.64. The van der Waals surface area contributed by atoms with Crippen LogP contribution in [0.5, 0.6) is 0 Å². The van der Waals surface area contributed by atoms with E-state index >= 15 is 0 Å². The zero-order chi connectivity index (χ0) is 17.3. The molecule has 3 fully saturated rings. The summed E-state index contributed by atoms with van der Waals surface area (Å²) in [7, 11) is 0. The van der Waals surface area contributed by atoms with E-state index in [9.17, 15) is 4.79 Å². The van der Waals surface area contributed by atoms with Gasteiger partial charge in [-0.1, -0.05) is 13.8 Å². The zero-order valence-corrected chi connectivity index (χ0v) is 15.4. The Labute approximate surface area is 145 Å². The van der Waals surface area contributed by atoms with Gasteiger partial charge in [-0.15, -0.1) is 0 Å². The molecule has 3 rings (SSSR count). The van der Waals surface area contributed by atoms with E-state index in [1.54, 1.807) is 0 Å². The quantitative estimate of drug-likeness (QED) is 0.634. The Kier molecular flexibility index (Phi) is 5.04. The van der Waals surface area contributed by atoms with Gasteiger partial charge in [-0.3, -0.25) is 10.3 Å². The van der Waals surface area contributed by atoms with Crippen molar-refractivity contribution in [3.63, 3.8) is 0 Å². The number of amides is 1. The minimum absolute atomic E-state index is 0.148. The third-order valence-electron chi connectivity index (χ3n) is 6.52. The number of hydrogen-bond acceptors (Lipinski definition) is 4. The molecule has 1 unspecified atom stereocenters. The summed E-state index contributed by atoms with van der Waals surface area (Å²) in [5, 5.41) is 8.00. The second kappa shape index (κ2) is 6.90. The lowest BCUT2D eigenvalue weighted by Gasteiger charge is -2.51. The standard InChI is InChI=1S/C18H32N4O2/c1-4-16(19)21-10-8-20(9-11-21)15-6-7-18(14(15)3)12-22(13-18)17(23)24-5-2/h14-15,19H,4-13H2,1-3H3/t14?,15-/m1/s1. The first kappa shape index (κ1) is 17.5. The van der Waals surface area contributed by atoms with E-state index in [4.69, 9.17) is 10.1 Å². The van der Waals surface area contributed by atoms with Crippen LogP contribution in [0.3, 0.4) is 0 Å². The Morgan fingerprint density at radius 1 is 1.17 bits per heavy atom. The number of carbonyl (C=O) groups excluding carboxylic acids is 1. The lowest BCUT2D eigenvalue weighted by molar-refractivity contribution is -0.0346. The van der Waals surface area contributed by atoms with Gasteiger partial charge in [-0.05, 0) is 25.7 Å². The van der Waals surface area contributed by atoms with Crippen LogP contribution in [0.2, 0.25) is 0 Å². The molecular weight excluding hydrogens is 304 g/mol. The molecule has 2 saturated heterocycles. The number of carbonyl (C=O) groups is 1. The minimum atomic E-state index is -0.148. The van der Waals surface area contributed by atoms with E-state index in [-0.39, 0.29) is 6.09 Å². The number of likely N-dealkylation sites (tertiary alicyclic amines) is 1. The Bertz CT molecular complexity index is 481. The molecule has 1 amide bonds. The number of amidine groups is 1. The summed E-state index contributed by atoms with van der Waals surface area (Å²) in [4.78, 5) is 18.6. The summed E-state index contributed by atoms with van der Waals surface area (Å²) >= 11 is 0. The molecule has 136 valence electrons. The maximum Gasteiger partial charge on any atom is 0.409 e. The molecule has 6 heteroatoms. The van der Waals surface area contributed by atoms with Crippen LogP contribution in [0.4, 0.5) is 4.79 Å². The van der Waals surface area contributed by atoms with Crippen LogP contribution in [0.1, 0.15) is 40.0 Å². The van der Waals surface area contributed by atoms with Crippen LogP contribution in [-0.2, 0) is 4.74 Å². The van der Waals surface area contributed by atoms with Crippen molar-refractivity contribution in [3.8, 4) is 0 Å². The van der Waals surface area contributed by atoms with Gasteiger partial charge >= 0.3 is 6.09 Å². The van der Waals surface area contributed by atoms with Gasteiger partial charge in [-0.2, -0.15) is 0 Å². The highest BCUT2D eigenvalue weighted by Crippen LogP contribution is 2.51. The summed E-state index contributed by atoms with van der Waals surface area (Å²) in [5.41, 5.74) is 0.310. The average Bonchev–Trinajstić information content (AvgIpc) is 2.90. The Hall–Kier alpha value is -1.30. The van der Waals surface area contributed by atoms with Crippen molar-refractivity contribution in [3.05, 3.63) is 0 Å². The minimum Gasteiger partial charge on any atom is -0.450 e. The van der Waals surface area contributed by atoms with E-state index in [0.717, 1.165) is 51.5 Å². The van der Waals surface area contributed by atoms with Gasteiger partial charge in [0.2, 0.25) is 0 Å². The normalized spacial score (nSPS) is 29.6. The molecule has 1 spiro atoms. The van der Waals surface area contributed by atoms with Gasteiger partial charge in [0, 0.05) is 57.1 Å². The molecular formula is C18H32N4O2. The number of hydrogen-bond donors (Lipinski definition) is 1. The highest BCUT2D eigenvalue weighted by atomic mass is 16.6. The van der Waals surface area contributed by atoms with E-state index in [1.165, 1.54) is 12.8 Å². The van der Waals surface area contributed by atoms with Gasteiger partial charge in [-0.25, -0.2) is 4.79 Å². The molecule has 3 aliphatic rings. The monoisotopic (exact) mass is 336 g/mol. The molecule has 0 aromatic carbocycles. The molecule has 0 aromatic rings. The Morgan fingerprint density at radius 2 is 1.83 bits per heavy atom. The second-order valence-electron chi connectivity index (χ2n) is 7.64. The Morgan fingerprint density at radius 3 is 2.42 bits per heavy atom. The van der Waals surface area contributed by atoms with E-state index in [1.807, 2.05) is 11.8 Å². The molecule has 2 aliphatic heterocycles. The highest BCUT2D eigenvalue weighted by molar-refractivity contribution is 5.78. The molecule has 1 saturated carbocycles. The molecule has 24 heavy (non-hydrogen) atoms. The summed E-state index contributed by atoms with van der Waals surface area (Å²) in [6, 6.07) is 0.632. The number of nitrogens with one attached hydrogen (secondary N) is 1. The molecule has 1 N–H and O–H groups in total. The van der Waals surface area contributed by atoms with Crippen molar-refractivity contribution in [2.45, 2.75) is 46.1 Å². The first-order valence-corrected chi connectivity index (χ1v) is 9.49. The van der Waals surface area contributed by atoms with Gasteiger partial charge in [0.15, 0.2) is 0 Å². The molecule has 2 atom stereocenters. The fourth-order valence-corrected chi connectivity index (χ4v) is 4.87. The molecule has 6 nitrogen and oxygen atoms in total. The largest absolute Gasteiger partial charge is 0.450 e. The van der Waals surface area contributed by atoms with Crippen molar-refractivity contribution >= 4 is 11.9 Å². The third-order valence-corrected chi connectivity index (χ3v) is 6.52. The van der Waals surface area contributed by atoms with Crippen LogP contribution < -0.4 is 0 Å². The van der Waals surface area contributed by atoms with Crippen LogP contribution >= 0.6 is 0 Å². The fourth-order valence-electron chi connectivity index (χ4n) is 4.87. The lowest BCUT2D eigenvalue weighted by Crippen LogP contribution is -2.61. The van der Waals surface area contributed by atoms with Crippen molar-refractivity contribution in [2.24, 2.45) is 11.3 Å². The number of rotatable bonds is 3. The van der Waals surface area contributed by atoms with Gasteiger partial charge in [0.25, 0.3) is 0 Å². The molecule has 0 aromatic heterocycles. The van der Waals surface area contributed by atoms with Crippen LogP contribution in [0.25, 0.3) is 0 Å². The van der Waals surface area contributed by atoms with Crippen LogP contribution in [0, 0.1) is 16.7 Å². The molecule has 2 heterocycles. The van der Waals surface area contributed by atoms with E-state index in [0.29, 0.717) is 24.0 Å². The maximum atomic E-state index is 11.9. The Balaban J connectivity index is 1.52. The summed E-state index contributed by atoms with van der Waals surface area (Å²) in [6.07, 6.45) is 3.14. The smallest absolute Gasteiger partial charge is 0.409 e. The topological polar surface area (TPSA) is 59.9 Å². The number of ether oxygens (including phenoxy) is 1. The first-order chi connectivity index (χ1) is 11.5. The van der Waals surface area contributed by atoms with Crippen LogP contribution in [-0.4, -0.2) is 78.5 Å². The fraction of sp³-hybridized carbons (Fsp3) is 0.889. The summed E-state index contributed by atoms with van der Waals surface area (Å²) in [6.45, 7) is 12.6. The number of piperazine rings is 1. The zero-order valence-electron chi connectivity index (χ0n) is 15.4. The predicted octanol–water partition coefficient (Wildman–Crippen LogP) is 2.25. The van der Waals surface area contributed by atoms with Crippen LogP contribution in [0.15, 0.2) is 0 Å². The summed E-state index contributed by atoms with van der Waals surface area (Å²) < 4.78 is 5.12. The van der Waals surface area contributed by atoms with Crippen molar-refractivity contribution in [1.82, 2.24) is 14.7 Å². The van der Waals surface area contributed by atoms with Gasteiger partial charge in [0.1, 0.15) is 0 Å². The van der Waals surface area contributed by atoms with E-state index in [2.05, 4.69) is 23.6 Å². The highest BCUT2D eigenvalue weighted by Gasteiger charge is 2.55. The molecule has 0 radical (unpaired) electrons.